The zero-order valence-electron chi connectivity index (χ0n) is 20.0. The van der Waals surface area contributed by atoms with Gasteiger partial charge in [-0.1, -0.05) is 12.1 Å². The highest BCUT2D eigenvalue weighted by Crippen LogP contribution is 2.34. The number of carbonyl (C=O) groups is 2. The Bertz CT molecular complexity index is 1040. The zero-order valence-corrected chi connectivity index (χ0v) is 20.0. The minimum absolute atomic E-state index is 0.0711. The van der Waals surface area contributed by atoms with E-state index in [2.05, 4.69) is 16.0 Å². The summed E-state index contributed by atoms with van der Waals surface area (Å²) in [5, 5.41) is 20.3. The van der Waals surface area contributed by atoms with Crippen LogP contribution in [0.4, 0.5) is 14.5 Å². The number of amides is 1. The van der Waals surface area contributed by atoms with E-state index in [4.69, 9.17) is 0 Å². The standard InChI is InChI=1S/C26H33F2N3O3/c1-15(32)26(3,4)18-5-6-22-21(12-18)23(7-8-29-22)30-14-25(34)24(31-16(2)33)11-17-9-19(27)13-20(28)10-17/h5-6,9-10,12-13,23-25,29-30,34H,7-8,11,14H2,1-4H3,(H,31,33)/t23-,24-,25+/m0/s1. The molecule has 8 heteroatoms. The van der Waals surface area contributed by atoms with Gasteiger partial charge >= 0.3 is 0 Å². The molecule has 1 aliphatic rings. The number of nitrogens with one attached hydrogen (secondary N) is 3. The Morgan fingerprint density at radius 1 is 1.15 bits per heavy atom. The number of aliphatic hydroxyl groups excluding tert-OH is 1. The molecule has 0 saturated carbocycles. The van der Waals surface area contributed by atoms with Crippen LogP contribution in [0.2, 0.25) is 0 Å². The quantitative estimate of drug-likeness (QED) is 0.448. The number of hydrogen-bond donors (Lipinski definition) is 4. The van der Waals surface area contributed by atoms with E-state index in [-0.39, 0.29) is 30.7 Å². The van der Waals surface area contributed by atoms with Crippen LogP contribution < -0.4 is 16.0 Å². The van der Waals surface area contributed by atoms with Crippen molar-refractivity contribution in [2.45, 2.75) is 64.1 Å². The van der Waals surface area contributed by atoms with Gasteiger partial charge in [0, 0.05) is 43.2 Å². The van der Waals surface area contributed by atoms with E-state index >= 15 is 0 Å². The molecule has 34 heavy (non-hydrogen) atoms. The number of benzene rings is 2. The molecule has 1 aliphatic heterocycles. The summed E-state index contributed by atoms with van der Waals surface area (Å²) in [6.45, 7) is 7.61. The van der Waals surface area contributed by atoms with Crippen molar-refractivity contribution in [3.63, 3.8) is 0 Å². The predicted molar refractivity (Wildman–Crippen MR) is 128 cm³/mol. The Labute approximate surface area is 199 Å². The summed E-state index contributed by atoms with van der Waals surface area (Å²) in [5.74, 6) is -1.69. The van der Waals surface area contributed by atoms with Crippen molar-refractivity contribution >= 4 is 17.4 Å². The van der Waals surface area contributed by atoms with E-state index in [1.54, 1.807) is 6.92 Å². The molecule has 0 radical (unpaired) electrons. The number of hydrogen-bond acceptors (Lipinski definition) is 5. The number of fused-ring (bicyclic) bond motifs is 1. The van der Waals surface area contributed by atoms with Gasteiger partial charge in [-0.25, -0.2) is 8.78 Å². The maximum atomic E-state index is 13.6. The summed E-state index contributed by atoms with van der Waals surface area (Å²) in [7, 11) is 0. The fourth-order valence-electron chi connectivity index (χ4n) is 4.26. The molecule has 3 atom stereocenters. The normalized spacial score (nSPS) is 17.3. The van der Waals surface area contributed by atoms with Crippen LogP contribution in [0.5, 0.6) is 0 Å². The Morgan fingerprint density at radius 2 is 1.82 bits per heavy atom. The molecule has 0 spiro atoms. The summed E-state index contributed by atoms with van der Waals surface area (Å²) in [6, 6.07) is 8.32. The van der Waals surface area contributed by atoms with Gasteiger partial charge in [0.05, 0.1) is 12.1 Å². The maximum absolute atomic E-state index is 13.6. The second-order valence-electron chi connectivity index (χ2n) is 9.52. The molecule has 3 rings (SSSR count). The lowest BCUT2D eigenvalue weighted by Crippen LogP contribution is -2.48. The molecule has 0 aliphatic carbocycles. The fourth-order valence-corrected chi connectivity index (χ4v) is 4.26. The lowest BCUT2D eigenvalue weighted by molar-refractivity contribution is -0.121. The number of halogens is 2. The number of ketones is 1. The van der Waals surface area contributed by atoms with Gasteiger partial charge < -0.3 is 21.1 Å². The van der Waals surface area contributed by atoms with Gasteiger partial charge in [0.1, 0.15) is 17.4 Å². The van der Waals surface area contributed by atoms with Crippen molar-refractivity contribution in [1.29, 1.82) is 0 Å². The van der Waals surface area contributed by atoms with E-state index < -0.39 is 29.2 Å². The largest absolute Gasteiger partial charge is 0.390 e. The Kier molecular flexibility index (Phi) is 8.05. The van der Waals surface area contributed by atoms with E-state index in [1.165, 1.54) is 19.1 Å². The first-order chi connectivity index (χ1) is 16.0. The molecule has 1 amide bonds. The van der Waals surface area contributed by atoms with Gasteiger partial charge in [-0.3, -0.25) is 9.59 Å². The minimum Gasteiger partial charge on any atom is -0.390 e. The predicted octanol–water partition coefficient (Wildman–Crippen LogP) is 3.39. The van der Waals surface area contributed by atoms with Gasteiger partial charge in [0.25, 0.3) is 0 Å². The molecule has 2 aromatic rings. The van der Waals surface area contributed by atoms with Crippen molar-refractivity contribution < 1.29 is 23.5 Å². The number of carbonyl (C=O) groups excluding carboxylic acids is 2. The summed E-state index contributed by atoms with van der Waals surface area (Å²) in [6.07, 6.45) is -0.147. The lowest BCUT2D eigenvalue weighted by atomic mass is 9.79. The molecule has 0 saturated heterocycles. The molecule has 2 aromatic carbocycles. The zero-order chi connectivity index (χ0) is 25.0. The van der Waals surface area contributed by atoms with Crippen molar-refractivity contribution in [3.8, 4) is 0 Å². The molecule has 0 aromatic heterocycles. The maximum Gasteiger partial charge on any atom is 0.217 e. The molecule has 0 fully saturated rings. The first-order valence-electron chi connectivity index (χ1n) is 11.5. The highest BCUT2D eigenvalue weighted by molar-refractivity contribution is 5.87. The van der Waals surface area contributed by atoms with Crippen molar-refractivity contribution in [2.75, 3.05) is 18.4 Å². The number of anilines is 1. The van der Waals surface area contributed by atoms with Crippen LogP contribution in [0.15, 0.2) is 36.4 Å². The van der Waals surface area contributed by atoms with Gasteiger partial charge in [-0.2, -0.15) is 0 Å². The van der Waals surface area contributed by atoms with Crippen LogP contribution in [0, 0.1) is 11.6 Å². The van der Waals surface area contributed by atoms with Crippen molar-refractivity contribution in [3.05, 3.63) is 64.7 Å². The second-order valence-corrected chi connectivity index (χ2v) is 9.52. The summed E-state index contributed by atoms with van der Waals surface area (Å²) in [5.41, 5.74) is 2.62. The van der Waals surface area contributed by atoms with Crippen LogP contribution in [0.1, 0.15) is 56.8 Å². The van der Waals surface area contributed by atoms with Gasteiger partial charge in [0.15, 0.2) is 0 Å². The lowest BCUT2D eigenvalue weighted by Gasteiger charge is -2.32. The SMILES string of the molecule is CC(=O)N[C@@H](Cc1cc(F)cc(F)c1)[C@H](O)CN[C@H]1CCNc2ccc(C(C)(C)C(C)=O)cc21. The average molecular weight is 474 g/mol. The summed E-state index contributed by atoms with van der Waals surface area (Å²) < 4.78 is 27.2. The van der Waals surface area contributed by atoms with Crippen LogP contribution >= 0.6 is 0 Å². The van der Waals surface area contributed by atoms with Crippen LogP contribution in [-0.2, 0) is 21.4 Å². The van der Waals surface area contributed by atoms with Gasteiger partial charge in [-0.05, 0) is 68.5 Å². The molecule has 6 nitrogen and oxygen atoms in total. The topological polar surface area (TPSA) is 90.5 Å². The molecular weight excluding hydrogens is 440 g/mol. The molecule has 4 N–H and O–H groups in total. The van der Waals surface area contributed by atoms with E-state index in [1.807, 2.05) is 32.0 Å². The van der Waals surface area contributed by atoms with Crippen LogP contribution in [0.25, 0.3) is 0 Å². The third-order valence-corrected chi connectivity index (χ3v) is 6.58. The monoisotopic (exact) mass is 473 g/mol. The minimum atomic E-state index is -0.995. The van der Waals surface area contributed by atoms with E-state index in [0.717, 1.165) is 35.8 Å². The summed E-state index contributed by atoms with van der Waals surface area (Å²) >= 11 is 0. The smallest absolute Gasteiger partial charge is 0.217 e. The fraction of sp³-hybridized carbons (Fsp3) is 0.462. The average Bonchev–Trinajstić information content (AvgIpc) is 2.75. The summed E-state index contributed by atoms with van der Waals surface area (Å²) in [4.78, 5) is 23.9. The first kappa shape index (κ1) is 25.8. The Morgan fingerprint density at radius 3 is 2.44 bits per heavy atom. The van der Waals surface area contributed by atoms with Gasteiger partial charge in [0.2, 0.25) is 5.91 Å². The molecule has 0 bridgehead atoms. The number of Topliss-reactive ketones (excluding diaryl/α,β-unsaturated/α-hetero) is 1. The molecular formula is C26H33F2N3O3. The van der Waals surface area contributed by atoms with Gasteiger partial charge in [-0.15, -0.1) is 0 Å². The second kappa shape index (κ2) is 10.6. The Hall–Kier alpha value is -2.84. The highest BCUT2D eigenvalue weighted by atomic mass is 19.1. The third kappa shape index (κ3) is 6.18. The molecule has 0 unspecified atom stereocenters. The Balaban J connectivity index is 1.75. The highest BCUT2D eigenvalue weighted by Gasteiger charge is 2.29. The van der Waals surface area contributed by atoms with Crippen LogP contribution in [-0.4, -0.2) is 42.0 Å². The van der Waals surface area contributed by atoms with Crippen LogP contribution in [0.3, 0.4) is 0 Å². The van der Waals surface area contributed by atoms with E-state index in [9.17, 15) is 23.5 Å². The third-order valence-electron chi connectivity index (χ3n) is 6.58. The van der Waals surface area contributed by atoms with Crippen molar-refractivity contribution in [2.24, 2.45) is 0 Å². The molecule has 184 valence electrons. The van der Waals surface area contributed by atoms with E-state index in [0.29, 0.717) is 5.56 Å². The number of aliphatic hydroxyl groups is 1. The van der Waals surface area contributed by atoms with Crippen molar-refractivity contribution in [1.82, 2.24) is 10.6 Å². The number of rotatable bonds is 9. The molecule has 1 heterocycles. The first-order valence-corrected chi connectivity index (χ1v) is 11.5.